The molecule has 1 aromatic carbocycles. The quantitative estimate of drug-likeness (QED) is 0.350. The van der Waals surface area contributed by atoms with Crippen LogP contribution in [-0.2, 0) is 29.2 Å². The Kier molecular flexibility index (Phi) is 8.37. The maximum atomic E-state index is 13.4. The summed E-state index contributed by atoms with van der Waals surface area (Å²) in [5.41, 5.74) is -1.42. The zero-order valence-corrected chi connectivity index (χ0v) is 22.7. The van der Waals surface area contributed by atoms with Gasteiger partial charge in [0.05, 0.1) is 4.90 Å². The van der Waals surface area contributed by atoms with Crippen molar-refractivity contribution in [3.8, 4) is 0 Å². The average Bonchev–Trinajstić information content (AvgIpc) is 3.32. The number of nitrogens with one attached hydrogen (secondary N) is 3. The number of sulfonamides is 1. The lowest BCUT2D eigenvalue weighted by Gasteiger charge is -2.29. The van der Waals surface area contributed by atoms with Crippen LogP contribution in [-0.4, -0.2) is 61.6 Å². The predicted octanol–water partition coefficient (Wildman–Crippen LogP) is 1.75. The molecule has 3 N–H and O–H groups in total. The van der Waals surface area contributed by atoms with Gasteiger partial charge in [-0.3, -0.25) is 19.2 Å². The van der Waals surface area contributed by atoms with E-state index < -0.39 is 39.5 Å². The van der Waals surface area contributed by atoms with Crippen LogP contribution >= 0.6 is 15.9 Å². The van der Waals surface area contributed by atoms with Crippen LogP contribution in [0.2, 0.25) is 0 Å². The van der Waals surface area contributed by atoms with E-state index in [1.54, 1.807) is 12.1 Å². The fourth-order valence-corrected chi connectivity index (χ4v) is 6.38. The molecule has 1 aliphatic carbocycles. The molecule has 0 aromatic heterocycles. The van der Waals surface area contributed by atoms with Gasteiger partial charge in [-0.05, 0) is 62.8 Å². The van der Waals surface area contributed by atoms with E-state index in [9.17, 15) is 27.6 Å². The largest absolute Gasteiger partial charge is 0.347 e. The van der Waals surface area contributed by atoms with Crippen molar-refractivity contribution in [2.45, 2.75) is 73.9 Å². The number of rotatable bonds is 5. The average molecular weight is 596 g/mol. The summed E-state index contributed by atoms with van der Waals surface area (Å²) >= 11 is 3.26. The lowest BCUT2D eigenvalue weighted by molar-refractivity contribution is -0.141. The third-order valence-corrected chi connectivity index (χ3v) is 9.13. The van der Waals surface area contributed by atoms with Crippen molar-refractivity contribution in [3.05, 3.63) is 40.9 Å². The molecule has 1 aromatic rings. The van der Waals surface area contributed by atoms with Gasteiger partial charge in [0.2, 0.25) is 18.2 Å². The highest BCUT2D eigenvalue weighted by Gasteiger charge is 2.61. The Hall–Kier alpha value is -2.73. The van der Waals surface area contributed by atoms with Crippen LogP contribution in [0.15, 0.2) is 45.8 Å². The zero-order valence-electron chi connectivity index (χ0n) is 20.3. The van der Waals surface area contributed by atoms with Gasteiger partial charge in [0.25, 0.3) is 15.9 Å². The summed E-state index contributed by atoms with van der Waals surface area (Å²) in [6.07, 6.45) is 9.29. The van der Waals surface area contributed by atoms with Gasteiger partial charge in [0, 0.05) is 16.9 Å². The number of halogens is 1. The number of carbonyl (C=O) groups is 4. The molecule has 10 nitrogen and oxygen atoms in total. The van der Waals surface area contributed by atoms with E-state index in [-0.39, 0.29) is 23.1 Å². The van der Waals surface area contributed by atoms with E-state index in [4.69, 9.17) is 0 Å². The summed E-state index contributed by atoms with van der Waals surface area (Å²) in [6, 6.07) is 4.36. The first-order valence-corrected chi connectivity index (χ1v) is 14.8. The van der Waals surface area contributed by atoms with Crippen molar-refractivity contribution < 1.29 is 27.6 Å². The number of allylic oxidation sites excluding steroid dienone is 1. The maximum absolute atomic E-state index is 13.4. The summed E-state index contributed by atoms with van der Waals surface area (Å²) in [4.78, 5) is 52.5. The highest BCUT2D eigenvalue weighted by atomic mass is 79.9. The number of hydrogen-bond acceptors (Lipinski definition) is 6. The van der Waals surface area contributed by atoms with Gasteiger partial charge in [0.1, 0.15) is 17.6 Å². The molecule has 4 amide bonds. The van der Waals surface area contributed by atoms with Crippen LogP contribution in [0.4, 0.5) is 0 Å². The molecular weight excluding hydrogens is 564 g/mol. The summed E-state index contributed by atoms with van der Waals surface area (Å²) in [6.45, 7) is 0.369. The highest BCUT2D eigenvalue weighted by Crippen LogP contribution is 2.45. The normalized spacial score (nSPS) is 29.5. The first kappa shape index (κ1) is 27.3. The number of carbonyl (C=O) groups excluding carboxylic acids is 4. The number of benzene rings is 1. The molecule has 3 aliphatic rings. The van der Waals surface area contributed by atoms with Gasteiger partial charge in [-0.25, -0.2) is 13.1 Å². The van der Waals surface area contributed by atoms with E-state index >= 15 is 0 Å². The molecule has 0 bridgehead atoms. The van der Waals surface area contributed by atoms with Gasteiger partial charge in [-0.2, -0.15) is 0 Å². The summed E-state index contributed by atoms with van der Waals surface area (Å²) < 4.78 is 28.6. The van der Waals surface area contributed by atoms with Crippen LogP contribution < -0.4 is 15.4 Å². The van der Waals surface area contributed by atoms with Crippen molar-refractivity contribution >= 4 is 50.1 Å². The van der Waals surface area contributed by atoms with Gasteiger partial charge in [-0.1, -0.05) is 40.9 Å². The van der Waals surface area contributed by atoms with Crippen LogP contribution in [0.25, 0.3) is 0 Å². The minimum Gasteiger partial charge on any atom is -0.347 e. The van der Waals surface area contributed by atoms with E-state index in [1.165, 1.54) is 17.0 Å². The van der Waals surface area contributed by atoms with Crippen molar-refractivity contribution in [2.24, 2.45) is 5.92 Å². The van der Waals surface area contributed by atoms with Crippen LogP contribution in [0.3, 0.4) is 0 Å². The Morgan fingerprint density at radius 1 is 1.11 bits per heavy atom. The molecule has 1 saturated carbocycles. The highest BCUT2D eigenvalue weighted by molar-refractivity contribution is 9.10. The number of fused-ring (bicyclic) bond motifs is 2. The molecule has 4 atom stereocenters. The third-order valence-electron chi connectivity index (χ3n) is 7.26. The lowest BCUT2D eigenvalue weighted by Crippen LogP contribution is -2.57. The molecule has 0 unspecified atom stereocenters. The Balaban J connectivity index is 1.58. The van der Waals surface area contributed by atoms with Gasteiger partial charge < -0.3 is 15.5 Å². The lowest BCUT2D eigenvalue weighted by atomic mass is 10.1. The SMILES string of the molecule is O=CN[C@H]1CCCCC/C=C\[C@@H]2C[C@@]2(C(=O)NS(=O)(=O)c2ccc(Br)cc2)NC(=O)[C@@H]2CCCN2C1=O. The van der Waals surface area contributed by atoms with Crippen molar-refractivity contribution in [2.75, 3.05) is 6.54 Å². The van der Waals surface area contributed by atoms with Crippen molar-refractivity contribution in [3.63, 3.8) is 0 Å². The topological polar surface area (TPSA) is 142 Å². The molecular formula is C25H31BrN4O6S. The Bertz CT molecular complexity index is 1190. The van der Waals surface area contributed by atoms with E-state index in [1.807, 2.05) is 12.2 Å². The van der Waals surface area contributed by atoms with E-state index in [0.717, 1.165) is 25.7 Å². The van der Waals surface area contributed by atoms with Crippen molar-refractivity contribution in [1.82, 2.24) is 20.3 Å². The number of hydrogen-bond donors (Lipinski definition) is 3. The van der Waals surface area contributed by atoms with Gasteiger partial charge >= 0.3 is 0 Å². The molecule has 2 fully saturated rings. The molecule has 0 spiro atoms. The summed E-state index contributed by atoms with van der Waals surface area (Å²) in [5.74, 6) is -1.99. The molecule has 2 heterocycles. The van der Waals surface area contributed by atoms with Crippen LogP contribution in [0, 0.1) is 5.92 Å². The Labute approximate surface area is 224 Å². The first-order chi connectivity index (χ1) is 17.7. The van der Waals surface area contributed by atoms with Crippen molar-refractivity contribution in [1.29, 1.82) is 0 Å². The fraction of sp³-hybridized carbons (Fsp3) is 0.520. The molecule has 2 aliphatic heterocycles. The second kappa shape index (κ2) is 11.3. The second-order valence-electron chi connectivity index (χ2n) is 9.75. The summed E-state index contributed by atoms with van der Waals surface area (Å²) in [5, 5.41) is 5.39. The summed E-state index contributed by atoms with van der Waals surface area (Å²) in [7, 11) is -4.16. The molecule has 12 heteroatoms. The Morgan fingerprint density at radius 3 is 2.59 bits per heavy atom. The standard InChI is InChI=1S/C25H31BrN4O6S/c26-18-10-12-19(13-11-18)37(35,36)29-24(34)25-15-17(25)7-4-2-1-3-5-8-20(27-16-31)23(33)30-14-6-9-21(30)22(32)28-25/h4,7,10-13,16-17,20-21H,1-3,5-6,8-9,14-15H2,(H,27,31)(H,28,32)(H,29,34)/b7-4-/t17-,20+,21+,25-/m1/s1. The molecule has 37 heavy (non-hydrogen) atoms. The maximum Gasteiger partial charge on any atom is 0.264 e. The first-order valence-electron chi connectivity index (χ1n) is 12.5. The zero-order chi connectivity index (χ0) is 26.6. The van der Waals surface area contributed by atoms with E-state index in [0.29, 0.717) is 36.7 Å². The minimum atomic E-state index is -4.16. The Morgan fingerprint density at radius 2 is 1.86 bits per heavy atom. The van der Waals surface area contributed by atoms with Gasteiger partial charge in [-0.15, -0.1) is 0 Å². The predicted molar refractivity (Wildman–Crippen MR) is 138 cm³/mol. The second-order valence-corrected chi connectivity index (χ2v) is 12.4. The minimum absolute atomic E-state index is 0.0713. The van der Waals surface area contributed by atoms with Crippen LogP contribution in [0.5, 0.6) is 0 Å². The fourth-order valence-electron chi connectivity index (χ4n) is 5.08. The number of nitrogens with zero attached hydrogens (tertiary/aromatic N) is 1. The monoisotopic (exact) mass is 594 g/mol. The molecule has 0 radical (unpaired) electrons. The smallest absolute Gasteiger partial charge is 0.264 e. The third kappa shape index (κ3) is 6.06. The molecule has 200 valence electrons. The number of amides is 4. The van der Waals surface area contributed by atoms with E-state index in [2.05, 4.69) is 31.3 Å². The molecule has 1 saturated heterocycles. The molecule has 4 rings (SSSR count). The van der Waals surface area contributed by atoms with Crippen LogP contribution in [0.1, 0.15) is 51.4 Å². The van der Waals surface area contributed by atoms with Gasteiger partial charge in [0.15, 0.2) is 0 Å².